The van der Waals surface area contributed by atoms with Gasteiger partial charge in [-0.25, -0.2) is 0 Å². The lowest BCUT2D eigenvalue weighted by Gasteiger charge is -2.12. The van der Waals surface area contributed by atoms with Crippen LogP contribution in [0, 0.1) is 5.92 Å². The Morgan fingerprint density at radius 1 is 1.18 bits per heavy atom. The Morgan fingerprint density at radius 3 is 2.27 bits per heavy atom. The molecule has 1 aliphatic heterocycles. The summed E-state index contributed by atoms with van der Waals surface area (Å²) in [6.45, 7) is 3.97. The minimum absolute atomic E-state index is 0.0274. The fraction of sp³-hybridized carbons (Fsp3) is 0.438. The molecule has 1 heterocycles. The molecular formula is C16H21N3O3. The minimum atomic E-state index is -0.460. The molecule has 1 unspecified atom stereocenters. The van der Waals surface area contributed by atoms with Crippen LogP contribution in [0.1, 0.15) is 33.1 Å². The Kier molecular flexibility index (Phi) is 5.14. The van der Waals surface area contributed by atoms with Gasteiger partial charge in [0, 0.05) is 24.2 Å². The van der Waals surface area contributed by atoms with Gasteiger partial charge in [0.1, 0.15) is 6.04 Å². The third kappa shape index (κ3) is 4.58. The Balaban J connectivity index is 1.87. The van der Waals surface area contributed by atoms with Crippen LogP contribution in [0.5, 0.6) is 0 Å². The van der Waals surface area contributed by atoms with Crippen molar-refractivity contribution < 1.29 is 14.4 Å². The zero-order valence-corrected chi connectivity index (χ0v) is 12.8. The van der Waals surface area contributed by atoms with Crippen LogP contribution in [0.15, 0.2) is 24.3 Å². The van der Waals surface area contributed by atoms with Crippen molar-refractivity contribution in [2.75, 3.05) is 10.6 Å². The Hall–Kier alpha value is -2.37. The van der Waals surface area contributed by atoms with Crippen LogP contribution in [0.2, 0.25) is 0 Å². The molecule has 0 spiro atoms. The summed E-state index contributed by atoms with van der Waals surface area (Å²) in [7, 11) is 0. The van der Waals surface area contributed by atoms with Gasteiger partial charge in [-0.15, -0.1) is 0 Å². The molecule has 0 bridgehead atoms. The van der Waals surface area contributed by atoms with Gasteiger partial charge in [0.05, 0.1) is 0 Å². The van der Waals surface area contributed by atoms with Crippen LogP contribution >= 0.6 is 0 Å². The first kappa shape index (κ1) is 16.0. The largest absolute Gasteiger partial charge is 0.344 e. The van der Waals surface area contributed by atoms with E-state index in [1.54, 1.807) is 24.3 Å². The van der Waals surface area contributed by atoms with Gasteiger partial charge in [0.15, 0.2) is 0 Å². The van der Waals surface area contributed by atoms with E-state index in [9.17, 15) is 14.4 Å². The predicted octanol–water partition coefficient (Wildman–Crippen LogP) is 1.89. The van der Waals surface area contributed by atoms with Crippen molar-refractivity contribution in [2.45, 2.75) is 39.2 Å². The third-order valence-electron chi connectivity index (χ3n) is 3.34. The van der Waals surface area contributed by atoms with Gasteiger partial charge < -0.3 is 16.0 Å². The zero-order chi connectivity index (χ0) is 16.1. The topological polar surface area (TPSA) is 87.3 Å². The van der Waals surface area contributed by atoms with Crippen molar-refractivity contribution in [3.63, 3.8) is 0 Å². The van der Waals surface area contributed by atoms with Crippen LogP contribution < -0.4 is 16.0 Å². The Morgan fingerprint density at radius 2 is 1.77 bits per heavy atom. The summed E-state index contributed by atoms with van der Waals surface area (Å²) in [6.07, 6.45) is 1.38. The van der Waals surface area contributed by atoms with E-state index in [1.807, 2.05) is 13.8 Å². The van der Waals surface area contributed by atoms with E-state index >= 15 is 0 Å². The van der Waals surface area contributed by atoms with Crippen molar-refractivity contribution in [1.29, 1.82) is 0 Å². The highest BCUT2D eigenvalue weighted by atomic mass is 16.2. The van der Waals surface area contributed by atoms with Gasteiger partial charge in [0.2, 0.25) is 17.7 Å². The molecule has 0 aromatic heterocycles. The molecule has 3 N–H and O–H groups in total. The first-order valence-corrected chi connectivity index (χ1v) is 7.44. The number of anilines is 2. The third-order valence-corrected chi connectivity index (χ3v) is 3.34. The number of carbonyl (C=O) groups is 3. The monoisotopic (exact) mass is 303 g/mol. The average Bonchev–Trinajstić information content (AvgIpc) is 2.87. The summed E-state index contributed by atoms with van der Waals surface area (Å²) in [6, 6.07) is 6.46. The SMILES string of the molecule is CC(C)CC(=O)Nc1ccc(NC(=O)C2CCC(=O)N2)cc1. The van der Waals surface area contributed by atoms with E-state index in [4.69, 9.17) is 0 Å². The highest BCUT2D eigenvalue weighted by molar-refractivity contribution is 5.99. The van der Waals surface area contributed by atoms with Crippen LogP contribution in [0.4, 0.5) is 11.4 Å². The highest BCUT2D eigenvalue weighted by Crippen LogP contribution is 2.16. The first-order chi connectivity index (χ1) is 10.4. The molecular weight excluding hydrogens is 282 g/mol. The maximum Gasteiger partial charge on any atom is 0.246 e. The molecule has 0 aliphatic carbocycles. The van der Waals surface area contributed by atoms with Gasteiger partial charge in [-0.3, -0.25) is 14.4 Å². The standard InChI is InChI=1S/C16H21N3O3/c1-10(2)9-15(21)17-11-3-5-12(6-4-11)18-16(22)13-7-8-14(20)19-13/h3-6,10,13H,7-9H2,1-2H3,(H,17,21)(H,18,22)(H,19,20). The van der Waals surface area contributed by atoms with Crippen LogP contribution in [0.25, 0.3) is 0 Å². The summed E-state index contributed by atoms with van der Waals surface area (Å²) in [5, 5.41) is 8.18. The first-order valence-electron chi connectivity index (χ1n) is 7.44. The van der Waals surface area contributed by atoms with Crippen molar-refractivity contribution >= 4 is 29.1 Å². The van der Waals surface area contributed by atoms with Crippen molar-refractivity contribution in [1.82, 2.24) is 5.32 Å². The van der Waals surface area contributed by atoms with Crippen molar-refractivity contribution in [2.24, 2.45) is 5.92 Å². The molecule has 0 saturated carbocycles. The number of amides is 3. The number of carbonyl (C=O) groups excluding carboxylic acids is 3. The molecule has 1 aliphatic rings. The number of hydrogen-bond acceptors (Lipinski definition) is 3. The normalized spacial score (nSPS) is 17.2. The van der Waals surface area contributed by atoms with Crippen LogP contribution in [-0.4, -0.2) is 23.8 Å². The highest BCUT2D eigenvalue weighted by Gasteiger charge is 2.27. The van der Waals surface area contributed by atoms with E-state index in [0.29, 0.717) is 36.6 Å². The number of rotatable bonds is 5. The zero-order valence-electron chi connectivity index (χ0n) is 12.8. The molecule has 0 radical (unpaired) electrons. The van der Waals surface area contributed by atoms with Gasteiger partial charge in [0.25, 0.3) is 0 Å². The van der Waals surface area contributed by atoms with Crippen LogP contribution in [0.3, 0.4) is 0 Å². The summed E-state index contributed by atoms with van der Waals surface area (Å²) >= 11 is 0. The van der Waals surface area contributed by atoms with Gasteiger partial charge in [-0.1, -0.05) is 13.8 Å². The lowest BCUT2D eigenvalue weighted by atomic mass is 10.1. The second kappa shape index (κ2) is 7.06. The molecule has 1 aromatic rings. The summed E-state index contributed by atoms with van der Waals surface area (Å²) in [4.78, 5) is 34.7. The Bertz CT molecular complexity index is 567. The van der Waals surface area contributed by atoms with E-state index in [0.717, 1.165) is 0 Å². The molecule has 118 valence electrons. The molecule has 3 amide bonds. The van der Waals surface area contributed by atoms with Gasteiger partial charge in [-0.2, -0.15) is 0 Å². The van der Waals surface area contributed by atoms with E-state index in [-0.39, 0.29) is 17.7 Å². The summed E-state index contributed by atoms with van der Waals surface area (Å²) in [5.74, 6) is -0.0357. The molecule has 6 heteroatoms. The maximum absolute atomic E-state index is 11.9. The van der Waals surface area contributed by atoms with Gasteiger partial charge in [-0.05, 0) is 36.6 Å². The molecule has 22 heavy (non-hydrogen) atoms. The lowest BCUT2D eigenvalue weighted by Crippen LogP contribution is -2.37. The molecule has 1 saturated heterocycles. The Labute approximate surface area is 129 Å². The smallest absolute Gasteiger partial charge is 0.246 e. The fourth-order valence-electron chi connectivity index (χ4n) is 2.26. The van der Waals surface area contributed by atoms with Crippen LogP contribution in [-0.2, 0) is 14.4 Å². The van der Waals surface area contributed by atoms with E-state index < -0.39 is 6.04 Å². The molecule has 1 atom stereocenters. The van der Waals surface area contributed by atoms with E-state index in [2.05, 4.69) is 16.0 Å². The van der Waals surface area contributed by atoms with Gasteiger partial charge >= 0.3 is 0 Å². The van der Waals surface area contributed by atoms with Crippen molar-refractivity contribution in [3.8, 4) is 0 Å². The predicted molar refractivity (Wildman–Crippen MR) is 84.3 cm³/mol. The minimum Gasteiger partial charge on any atom is -0.344 e. The summed E-state index contributed by atoms with van der Waals surface area (Å²) < 4.78 is 0. The maximum atomic E-state index is 11.9. The summed E-state index contributed by atoms with van der Waals surface area (Å²) in [5.41, 5.74) is 1.32. The number of nitrogens with one attached hydrogen (secondary N) is 3. The quantitative estimate of drug-likeness (QED) is 0.776. The van der Waals surface area contributed by atoms with Crippen molar-refractivity contribution in [3.05, 3.63) is 24.3 Å². The van der Waals surface area contributed by atoms with E-state index in [1.165, 1.54) is 0 Å². The second-order valence-electron chi connectivity index (χ2n) is 5.87. The average molecular weight is 303 g/mol. The number of hydrogen-bond donors (Lipinski definition) is 3. The second-order valence-corrected chi connectivity index (χ2v) is 5.87. The molecule has 1 aromatic carbocycles. The number of benzene rings is 1. The molecule has 1 fully saturated rings. The molecule has 2 rings (SSSR count). The molecule has 6 nitrogen and oxygen atoms in total. The lowest BCUT2D eigenvalue weighted by molar-refractivity contribution is -0.122. The fourth-order valence-corrected chi connectivity index (χ4v) is 2.26.